The molecule has 2 aliphatic rings. The van der Waals surface area contributed by atoms with Crippen LogP contribution in [0, 0.1) is 0 Å². The molecule has 0 aliphatic carbocycles. The molecule has 0 saturated heterocycles. The Bertz CT molecular complexity index is 1150. The first-order valence-electron chi connectivity index (χ1n) is 9.63. The molecule has 29 heavy (non-hydrogen) atoms. The highest BCUT2D eigenvalue weighted by atomic mass is 16.5. The zero-order chi connectivity index (χ0) is 20.0. The van der Waals surface area contributed by atoms with E-state index in [1.165, 1.54) is 0 Å². The van der Waals surface area contributed by atoms with Crippen molar-refractivity contribution in [1.29, 1.82) is 0 Å². The molecular formula is C24H21N3O2. The highest BCUT2D eigenvalue weighted by molar-refractivity contribution is 5.78. The van der Waals surface area contributed by atoms with E-state index < -0.39 is 5.41 Å². The Morgan fingerprint density at radius 3 is 2.62 bits per heavy atom. The molecule has 0 bridgehead atoms. The van der Waals surface area contributed by atoms with E-state index >= 15 is 0 Å². The first kappa shape index (κ1) is 17.5. The van der Waals surface area contributed by atoms with Gasteiger partial charge in [-0.05, 0) is 48.4 Å². The van der Waals surface area contributed by atoms with Crippen LogP contribution in [0.3, 0.4) is 0 Å². The predicted octanol–water partition coefficient (Wildman–Crippen LogP) is 3.68. The molecule has 2 aromatic carbocycles. The average Bonchev–Trinajstić information content (AvgIpc) is 3.11. The van der Waals surface area contributed by atoms with Crippen molar-refractivity contribution in [2.24, 2.45) is 5.73 Å². The lowest BCUT2D eigenvalue weighted by Gasteiger charge is -2.36. The maximum absolute atomic E-state index is 11.7. The molecule has 3 aromatic rings. The fourth-order valence-electron chi connectivity index (χ4n) is 4.31. The number of nitrogens with one attached hydrogen (secondary N) is 1. The molecule has 5 heteroatoms. The van der Waals surface area contributed by atoms with E-state index in [0.717, 1.165) is 39.3 Å². The summed E-state index contributed by atoms with van der Waals surface area (Å²) in [5.41, 5.74) is 10.9. The van der Waals surface area contributed by atoms with Gasteiger partial charge in [0, 0.05) is 42.0 Å². The van der Waals surface area contributed by atoms with Gasteiger partial charge >= 0.3 is 0 Å². The van der Waals surface area contributed by atoms with Crippen LogP contribution in [0.5, 0.6) is 11.5 Å². The summed E-state index contributed by atoms with van der Waals surface area (Å²) >= 11 is 0. The van der Waals surface area contributed by atoms with Crippen LogP contribution in [0.2, 0.25) is 0 Å². The molecule has 0 radical (unpaired) electrons. The Hall–Kier alpha value is -3.60. The highest BCUT2D eigenvalue weighted by Crippen LogP contribution is 2.51. The smallest absolute Gasteiger partial charge is 0.134 e. The van der Waals surface area contributed by atoms with Gasteiger partial charge in [-0.25, -0.2) is 0 Å². The maximum Gasteiger partial charge on any atom is 0.134 e. The third-order valence-corrected chi connectivity index (χ3v) is 5.63. The fourth-order valence-corrected chi connectivity index (χ4v) is 4.31. The Kier molecular flexibility index (Phi) is 3.91. The lowest BCUT2D eigenvalue weighted by molar-refractivity contribution is -0.116. The van der Waals surface area contributed by atoms with Crippen molar-refractivity contribution in [2.75, 3.05) is 6.54 Å². The number of aromatic nitrogens is 1. The number of hydrogen-bond acceptors (Lipinski definition) is 5. The number of hydrogen-bond donors (Lipinski definition) is 2. The average molecular weight is 383 g/mol. The first-order chi connectivity index (χ1) is 14.0. The SMILES string of the molecule is CC(=O)Cc1ccc2c(c1)[C@]1(C=C(N)NC1)c1cc(-c3cccnc3)ccc1O2. The van der Waals surface area contributed by atoms with Crippen LogP contribution in [-0.2, 0) is 16.6 Å². The lowest BCUT2D eigenvalue weighted by atomic mass is 9.72. The molecule has 144 valence electrons. The Labute approximate surface area is 169 Å². The molecule has 3 N–H and O–H groups in total. The Balaban J connectivity index is 1.71. The minimum Gasteiger partial charge on any atom is -0.457 e. The van der Waals surface area contributed by atoms with Crippen LogP contribution in [0.15, 0.2) is 72.8 Å². The second-order valence-corrected chi connectivity index (χ2v) is 7.69. The van der Waals surface area contributed by atoms with Crippen molar-refractivity contribution in [3.8, 4) is 22.6 Å². The van der Waals surface area contributed by atoms with E-state index in [1.807, 2.05) is 42.6 Å². The summed E-state index contributed by atoms with van der Waals surface area (Å²) in [4.78, 5) is 15.9. The van der Waals surface area contributed by atoms with E-state index in [-0.39, 0.29) is 5.78 Å². The number of nitrogens with zero attached hydrogens (tertiary/aromatic N) is 1. The van der Waals surface area contributed by atoms with Gasteiger partial charge in [-0.15, -0.1) is 0 Å². The monoisotopic (exact) mass is 383 g/mol. The van der Waals surface area contributed by atoms with Gasteiger partial charge in [-0.3, -0.25) is 9.78 Å². The van der Waals surface area contributed by atoms with Crippen molar-refractivity contribution in [3.05, 3.63) is 89.5 Å². The number of carbonyl (C=O) groups is 1. The van der Waals surface area contributed by atoms with E-state index in [9.17, 15) is 4.79 Å². The molecule has 5 rings (SSSR count). The molecule has 0 fully saturated rings. The minimum absolute atomic E-state index is 0.134. The molecule has 1 atom stereocenters. The van der Waals surface area contributed by atoms with Crippen molar-refractivity contribution in [3.63, 3.8) is 0 Å². The molecule has 5 nitrogen and oxygen atoms in total. The summed E-state index contributed by atoms with van der Waals surface area (Å²) in [5, 5.41) is 3.29. The molecule has 3 heterocycles. The molecule has 0 unspecified atom stereocenters. The number of Topliss-reactive ketones (excluding diaryl/α,β-unsaturated/α-hetero) is 1. The lowest BCUT2D eigenvalue weighted by Crippen LogP contribution is -2.34. The van der Waals surface area contributed by atoms with Crippen molar-refractivity contribution >= 4 is 5.78 Å². The van der Waals surface area contributed by atoms with E-state index in [0.29, 0.717) is 18.8 Å². The van der Waals surface area contributed by atoms with Gasteiger partial charge in [0.2, 0.25) is 0 Å². The molecule has 1 aromatic heterocycles. The number of fused-ring (bicyclic) bond motifs is 4. The zero-order valence-corrected chi connectivity index (χ0v) is 16.1. The van der Waals surface area contributed by atoms with E-state index in [1.54, 1.807) is 13.1 Å². The second-order valence-electron chi connectivity index (χ2n) is 7.69. The number of nitrogens with two attached hydrogens (primary N) is 1. The number of pyridine rings is 1. The van der Waals surface area contributed by atoms with Gasteiger partial charge in [-0.2, -0.15) is 0 Å². The number of rotatable bonds is 3. The summed E-state index contributed by atoms with van der Waals surface area (Å²) in [6, 6.07) is 16.2. The van der Waals surface area contributed by atoms with Crippen LogP contribution in [-0.4, -0.2) is 17.3 Å². The van der Waals surface area contributed by atoms with E-state index in [2.05, 4.69) is 28.5 Å². The van der Waals surface area contributed by atoms with Gasteiger partial charge < -0.3 is 15.8 Å². The van der Waals surface area contributed by atoms with Crippen LogP contribution in [0.4, 0.5) is 0 Å². The number of carbonyl (C=O) groups excluding carboxylic acids is 1. The first-order valence-corrected chi connectivity index (χ1v) is 9.63. The third-order valence-electron chi connectivity index (χ3n) is 5.63. The largest absolute Gasteiger partial charge is 0.457 e. The third kappa shape index (κ3) is 2.86. The van der Waals surface area contributed by atoms with E-state index in [4.69, 9.17) is 10.5 Å². The van der Waals surface area contributed by atoms with Crippen LogP contribution < -0.4 is 15.8 Å². The zero-order valence-electron chi connectivity index (χ0n) is 16.1. The van der Waals surface area contributed by atoms with Crippen molar-refractivity contribution in [2.45, 2.75) is 18.8 Å². The quantitative estimate of drug-likeness (QED) is 0.722. The van der Waals surface area contributed by atoms with Gasteiger partial charge in [0.05, 0.1) is 11.2 Å². The summed E-state index contributed by atoms with van der Waals surface area (Å²) in [6.07, 6.45) is 6.09. The number of benzene rings is 2. The van der Waals surface area contributed by atoms with Crippen molar-refractivity contribution in [1.82, 2.24) is 10.3 Å². The highest BCUT2D eigenvalue weighted by Gasteiger charge is 2.44. The second kappa shape index (κ2) is 6.48. The Morgan fingerprint density at radius 1 is 1.14 bits per heavy atom. The van der Waals surface area contributed by atoms with Crippen LogP contribution in [0.25, 0.3) is 11.1 Å². The molecule has 0 amide bonds. The molecule has 1 spiro atoms. The summed E-state index contributed by atoms with van der Waals surface area (Å²) in [6.45, 7) is 2.25. The van der Waals surface area contributed by atoms with Crippen molar-refractivity contribution < 1.29 is 9.53 Å². The summed E-state index contributed by atoms with van der Waals surface area (Å²) in [5.74, 6) is 2.39. The predicted molar refractivity (Wildman–Crippen MR) is 112 cm³/mol. The number of ether oxygens (including phenoxy) is 1. The molecule has 0 saturated carbocycles. The summed E-state index contributed by atoms with van der Waals surface area (Å²) in [7, 11) is 0. The topological polar surface area (TPSA) is 77.2 Å². The maximum atomic E-state index is 11.7. The fraction of sp³-hybridized carbons (Fsp3) is 0.167. The molecular weight excluding hydrogens is 362 g/mol. The van der Waals surface area contributed by atoms with Crippen LogP contribution in [0.1, 0.15) is 23.6 Å². The standard InChI is InChI=1S/C24H21N3O2/c1-15(28)9-16-4-6-21-19(10-16)24(12-23(25)27-14-24)20-11-17(5-7-22(20)29-21)18-3-2-8-26-13-18/h2-8,10-13,27H,9,14,25H2,1H3/t24-/m1/s1. The minimum atomic E-state index is -0.446. The van der Waals surface area contributed by atoms with Gasteiger partial charge in [0.25, 0.3) is 0 Å². The van der Waals surface area contributed by atoms with Gasteiger partial charge in [0.1, 0.15) is 17.3 Å². The van der Waals surface area contributed by atoms with Gasteiger partial charge in [0.15, 0.2) is 0 Å². The van der Waals surface area contributed by atoms with Crippen LogP contribution >= 0.6 is 0 Å². The Morgan fingerprint density at radius 2 is 1.93 bits per heavy atom. The normalized spacial score (nSPS) is 19.0. The number of ketones is 1. The molecule has 2 aliphatic heterocycles. The summed E-state index contributed by atoms with van der Waals surface area (Å²) < 4.78 is 6.25. The van der Waals surface area contributed by atoms with Gasteiger partial charge in [-0.1, -0.05) is 24.3 Å².